The van der Waals surface area contributed by atoms with Crippen molar-refractivity contribution in [1.82, 2.24) is 4.98 Å². The number of ether oxygens (including phenoxy) is 1. The Hall–Kier alpha value is -2.16. The number of hydrogen-bond acceptors (Lipinski definition) is 3. The largest absolute Gasteiger partial charge is 0.496 e. The Morgan fingerprint density at radius 1 is 1.15 bits per heavy atom. The molecule has 0 radical (unpaired) electrons. The maximum atomic E-state index is 12.1. The van der Waals surface area contributed by atoms with Gasteiger partial charge in [-0.15, -0.1) is 0 Å². The normalized spacial score (nSPS) is 10.3. The quantitative estimate of drug-likeness (QED) is 0.809. The molecule has 0 saturated carbocycles. The molecule has 0 fully saturated rings. The number of ketones is 1. The van der Waals surface area contributed by atoms with Crippen LogP contribution in [0.15, 0.2) is 42.6 Å². The molecular formula is C17H19NO2. The minimum Gasteiger partial charge on any atom is -0.496 e. The van der Waals surface area contributed by atoms with E-state index in [1.165, 1.54) is 5.56 Å². The van der Waals surface area contributed by atoms with E-state index in [9.17, 15) is 4.79 Å². The lowest BCUT2D eigenvalue weighted by atomic mass is 10.0. The number of hydrogen-bond donors (Lipinski definition) is 0. The molecule has 0 saturated heterocycles. The van der Waals surface area contributed by atoms with Gasteiger partial charge >= 0.3 is 0 Å². The summed E-state index contributed by atoms with van der Waals surface area (Å²) in [6.45, 7) is 2.09. The smallest absolute Gasteiger partial charge is 0.143 e. The molecule has 0 aliphatic rings. The molecule has 0 bridgehead atoms. The number of rotatable bonds is 6. The zero-order valence-electron chi connectivity index (χ0n) is 11.9. The molecule has 0 amide bonds. The maximum Gasteiger partial charge on any atom is 0.143 e. The number of benzene rings is 1. The Kier molecular flexibility index (Phi) is 4.88. The van der Waals surface area contributed by atoms with Gasteiger partial charge in [-0.2, -0.15) is 0 Å². The first-order valence-electron chi connectivity index (χ1n) is 6.80. The van der Waals surface area contributed by atoms with E-state index in [1.54, 1.807) is 7.11 Å². The van der Waals surface area contributed by atoms with Crippen LogP contribution in [0.3, 0.4) is 0 Å². The van der Waals surface area contributed by atoms with Crippen LogP contribution in [0.4, 0.5) is 0 Å². The topological polar surface area (TPSA) is 39.2 Å². The van der Waals surface area contributed by atoms with E-state index in [4.69, 9.17) is 4.74 Å². The van der Waals surface area contributed by atoms with E-state index < -0.39 is 0 Å². The van der Waals surface area contributed by atoms with Crippen LogP contribution in [0, 0.1) is 0 Å². The maximum absolute atomic E-state index is 12.1. The molecule has 1 aromatic heterocycles. The van der Waals surface area contributed by atoms with Gasteiger partial charge in [-0.3, -0.25) is 9.78 Å². The van der Waals surface area contributed by atoms with Gasteiger partial charge in [0, 0.05) is 30.3 Å². The van der Waals surface area contributed by atoms with E-state index in [0.29, 0.717) is 12.8 Å². The lowest BCUT2D eigenvalue weighted by Crippen LogP contribution is -2.08. The summed E-state index contributed by atoms with van der Waals surface area (Å²) in [5.41, 5.74) is 2.93. The highest BCUT2D eigenvalue weighted by Gasteiger charge is 2.09. The van der Waals surface area contributed by atoms with Crippen LogP contribution in [0.25, 0.3) is 0 Å². The number of pyridine rings is 1. The monoisotopic (exact) mass is 269 g/mol. The van der Waals surface area contributed by atoms with Crippen LogP contribution in [0.2, 0.25) is 0 Å². The van der Waals surface area contributed by atoms with E-state index >= 15 is 0 Å². The van der Waals surface area contributed by atoms with E-state index in [-0.39, 0.29) is 5.78 Å². The van der Waals surface area contributed by atoms with Crippen LogP contribution >= 0.6 is 0 Å². The van der Waals surface area contributed by atoms with Crippen molar-refractivity contribution in [2.75, 3.05) is 7.11 Å². The first-order chi connectivity index (χ1) is 9.72. The number of aryl methyl sites for hydroxylation is 1. The van der Waals surface area contributed by atoms with Crippen molar-refractivity contribution >= 4 is 5.78 Å². The Morgan fingerprint density at radius 2 is 1.95 bits per heavy atom. The second kappa shape index (κ2) is 6.85. The van der Waals surface area contributed by atoms with Gasteiger partial charge in [0.1, 0.15) is 11.5 Å². The van der Waals surface area contributed by atoms with Gasteiger partial charge in [0.15, 0.2) is 0 Å². The van der Waals surface area contributed by atoms with E-state index in [1.807, 2.05) is 42.6 Å². The van der Waals surface area contributed by atoms with Gasteiger partial charge in [0.2, 0.25) is 0 Å². The molecule has 1 aromatic carbocycles. The summed E-state index contributed by atoms with van der Waals surface area (Å²) >= 11 is 0. The van der Waals surface area contributed by atoms with Gasteiger partial charge in [0.05, 0.1) is 7.11 Å². The minimum atomic E-state index is 0.145. The zero-order valence-corrected chi connectivity index (χ0v) is 11.9. The van der Waals surface area contributed by atoms with E-state index in [2.05, 4.69) is 11.9 Å². The third-order valence-electron chi connectivity index (χ3n) is 3.25. The molecule has 0 aliphatic heterocycles. The molecule has 0 aliphatic carbocycles. The molecule has 0 atom stereocenters. The summed E-state index contributed by atoms with van der Waals surface area (Å²) < 4.78 is 5.26. The van der Waals surface area contributed by atoms with Gasteiger partial charge in [-0.1, -0.05) is 31.2 Å². The van der Waals surface area contributed by atoms with Gasteiger partial charge in [0.25, 0.3) is 0 Å². The molecule has 3 nitrogen and oxygen atoms in total. The fraction of sp³-hybridized carbons (Fsp3) is 0.294. The number of carbonyl (C=O) groups is 1. The standard InChI is InChI=1S/C17H19NO2/c1-3-13-8-9-15(18-12-13)11-16(19)10-14-6-4-5-7-17(14)20-2/h4-9,12H,3,10-11H2,1-2H3. The molecule has 0 spiro atoms. The minimum absolute atomic E-state index is 0.145. The van der Waals surface area contributed by atoms with Crippen molar-refractivity contribution in [3.8, 4) is 5.75 Å². The Morgan fingerprint density at radius 3 is 2.60 bits per heavy atom. The van der Waals surface area contributed by atoms with Crippen molar-refractivity contribution in [2.24, 2.45) is 0 Å². The van der Waals surface area contributed by atoms with Gasteiger partial charge in [-0.05, 0) is 24.1 Å². The van der Waals surface area contributed by atoms with Crippen molar-refractivity contribution in [1.29, 1.82) is 0 Å². The van der Waals surface area contributed by atoms with Crippen molar-refractivity contribution in [3.05, 3.63) is 59.4 Å². The Balaban J connectivity index is 2.01. The molecule has 3 heteroatoms. The second-order valence-electron chi connectivity index (χ2n) is 4.72. The van der Waals surface area contributed by atoms with Crippen molar-refractivity contribution < 1.29 is 9.53 Å². The Bertz CT molecular complexity index is 576. The van der Waals surface area contributed by atoms with Gasteiger partial charge < -0.3 is 4.74 Å². The number of aromatic nitrogens is 1. The summed E-state index contributed by atoms with van der Waals surface area (Å²) in [6, 6.07) is 11.6. The predicted molar refractivity (Wildman–Crippen MR) is 79.0 cm³/mol. The van der Waals surface area contributed by atoms with Crippen molar-refractivity contribution in [3.63, 3.8) is 0 Å². The summed E-state index contributed by atoms with van der Waals surface area (Å²) in [7, 11) is 1.62. The summed E-state index contributed by atoms with van der Waals surface area (Å²) in [6.07, 6.45) is 3.54. The number of para-hydroxylation sites is 1. The number of Topliss-reactive ketones (excluding diaryl/α,β-unsaturated/α-hetero) is 1. The molecule has 2 aromatic rings. The lowest BCUT2D eigenvalue weighted by Gasteiger charge is -2.07. The average molecular weight is 269 g/mol. The number of nitrogens with zero attached hydrogens (tertiary/aromatic N) is 1. The first kappa shape index (κ1) is 14.3. The fourth-order valence-corrected chi connectivity index (χ4v) is 2.09. The SMILES string of the molecule is CCc1ccc(CC(=O)Cc2ccccc2OC)nc1. The highest BCUT2D eigenvalue weighted by molar-refractivity contribution is 5.83. The molecule has 0 N–H and O–H groups in total. The molecule has 20 heavy (non-hydrogen) atoms. The summed E-state index contributed by atoms with van der Waals surface area (Å²) in [5.74, 6) is 0.904. The summed E-state index contributed by atoms with van der Waals surface area (Å²) in [5, 5.41) is 0. The van der Waals surface area contributed by atoms with Crippen LogP contribution in [0.5, 0.6) is 5.75 Å². The highest BCUT2D eigenvalue weighted by atomic mass is 16.5. The van der Waals surface area contributed by atoms with Crippen LogP contribution in [-0.4, -0.2) is 17.9 Å². The summed E-state index contributed by atoms with van der Waals surface area (Å²) in [4.78, 5) is 16.4. The highest BCUT2D eigenvalue weighted by Crippen LogP contribution is 2.18. The van der Waals surface area contributed by atoms with Crippen LogP contribution < -0.4 is 4.74 Å². The first-order valence-corrected chi connectivity index (χ1v) is 6.80. The lowest BCUT2D eigenvalue weighted by molar-refractivity contribution is -0.117. The third-order valence-corrected chi connectivity index (χ3v) is 3.25. The fourth-order valence-electron chi connectivity index (χ4n) is 2.09. The average Bonchev–Trinajstić information content (AvgIpc) is 2.48. The third kappa shape index (κ3) is 3.67. The molecule has 2 rings (SSSR count). The number of carbonyl (C=O) groups excluding carboxylic acids is 1. The molecule has 1 heterocycles. The molecule has 0 unspecified atom stereocenters. The predicted octanol–water partition coefficient (Wildman–Crippen LogP) is 3.01. The second-order valence-corrected chi connectivity index (χ2v) is 4.72. The number of methoxy groups -OCH3 is 1. The van der Waals surface area contributed by atoms with Crippen molar-refractivity contribution in [2.45, 2.75) is 26.2 Å². The molecular weight excluding hydrogens is 250 g/mol. The van der Waals surface area contributed by atoms with Crippen LogP contribution in [-0.2, 0) is 24.1 Å². The van der Waals surface area contributed by atoms with Gasteiger partial charge in [-0.25, -0.2) is 0 Å². The van der Waals surface area contributed by atoms with E-state index in [0.717, 1.165) is 23.4 Å². The molecule has 104 valence electrons. The zero-order chi connectivity index (χ0) is 14.4. The Labute approximate surface area is 119 Å². The van der Waals surface area contributed by atoms with Crippen LogP contribution in [0.1, 0.15) is 23.7 Å².